The van der Waals surface area contributed by atoms with E-state index in [-0.39, 0.29) is 17.8 Å². The summed E-state index contributed by atoms with van der Waals surface area (Å²) < 4.78 is 11.0. The summed E-state index contributed by atoms with van der Waals surface area (Å²) in [7, 11) is 1.65. The molecule has 1 aromatic carbocycles. The summed E-state index contributed by atoms with van der Waals surface area (Å²) in [5.74, 6) is 1.94. The lowest BCUT2D eigenvalue weighted by Crippen LogP contribution is -2.28. The highest BCUT2D eigenvalue weighted by molar-refractivity contribution is 5.84. The van der Waals surface area contributed by atoms with E-state index >= 15 is 0 Å². The quantitative estimate of drug-likeness (QED) is 0.816. The van der Waals surface area contributed by atoms with Crippen LogP contribution in [0.4, 0.5) is 0 Å². The van der Waals surface area contributed by atoms with Gasteiger partial charge >= 0.3 is 0 Å². The van der Waals surface area contributed by atoms with E-state index in [9.17, 15) is 4.79 Å². The number of ether oxygens (including phenoxy) is 2. The Morgan fingerprint density at radius 1 is 1.37 bits per heavy atom. The second-order valence-corrected chi connectivity index (χ2v) is 5.54. The predicted octanol–water partition coefficient (Wildman–Crippen LogP) is 2.94. The summed E-state index contributed by atoms with van der Waals surface area (Å²) in [4.78, 5) is 12.4. The molecular weight excluding hydrogens is 240 g/mol. The van der Waals surface area contributed by atoms with Crippen LogP contribution in [-0.2, 0) is 9.53 Å². The van der Waals surface area contributed by atoms with Crippen molar-refractivity contribution in [3.8, 4) is 5.75 Å². The highest BCUT2D eigenvalue weighted by Crippen LogP contribution is 2.39. The zero-order chi connectivity index (χ0) is 13.2. The van der Waals surface area contributed by atoms with Crippen LogP contribution in [0.25, 0.3) is 0 Å². The molecule has 3 heteroatoms. The highest BCUT2D eigenvalue weighted by atomic mass is 16.5. The van der Waals surface area contributed by atoms with Gasteiger partial charge in [0.1, 0.15) is 11.9 Å². The van der Waals surface area contributed by atoms with Gasteiger partial charge in [0.05, 0.1) is 6.61 Å². The van der Waals surface area contributed by atoms with E-state index in [0.29, 0.717) is 18.9 Å². The maximum absolute atomic E-state index is 12.4. The van der Waals surface area contributed by atoms with E-state index in [1.807, 2.05) is 18.2 Å². The molecule has 0 amide bonds. The Balaban J connectivity index is 1.72. The molecule has 1 heterocycles. The van der Waals surface area contributed by atoms with Gasteiger partial charge in [0.25, 0.3) is 0 Å². The standard InChI is InChI=1S/C16H20O3/c1-18-16(11-6-7-11)14(17)10-12-8-9-19-15-5-3-2-4-13(12)15/h2-5,11-12,16H,6-10H2,1H3. The Labute approximate surface area is 113 Å². The van der Waals surface area contributed by atoms with Crippen LogP contribution in [0.3, 0.4) is 0 Å². The summed E-state index contributed by atoms with van der Waals surface area (Å²) in [6.07, 6.45) is 3.58. The first-order valence-corrected chi connectivity index (χ1v) is 7.07. The van der Waals surface area contributed by atoms with Crippen LogP contribution >= 0.6 is 0 Å². The summed E-state index contributed by atoms with van der Waals surface area (Å²) >= 11 is 0. The molecule has 1 saturated carbocycles. The van der Waals surface area contributed by atoms with Crippen LogP contribution < -0.4 is 4.74 Å². The molecule has 2 atom stereocenters. The Morgan fingerprint density at radius 3 is 2.89 bits per heavy atom. The summed E-state index contributed by atoms with van der Waals surface area (Å²) in [5, 5.41) is 0. The molecule has 1 fully saturated rings. The van der Waals surface area contributed by atoms with Crippen molar-refractivity contribution < 1.29 is 14.3 Å². The molecular formula is C16H20O3. The third-order valence-corrected chi connectivity index (χ3v) is 4.15. The van der Waals surface area contributed by atoms with E-state index in [1.54, 1.807) is 7.11 Å². The van der Waals surface area contributed by atoms with Crippen LogP contribution in [0, 0.1) is 5.92 Å². The number of carbonyl (C=O) groups is 1. The van der Waals surface area contributed by atoms with Gasteiger partial charge in [-0.25, -0.2) is 0 Å². The minimum atomic E-state index is -0.185. The molecule has 102 valence electrons. The van der Waals surface area contributed by atoms with Crippen LogP contribution in [0.2, 0.25) is 0 Å². The van der Waals surface area contributed by atoms with E-state index in [1.165, 1.54) is 5.56 Å². The third-order valence-electron chi connectivity index (χ3n) is 4.15. The first kappa shape index (κ1) is 12.7. The average Bonchev–Trinajstić information content (AvgIpc) is 3.25. The van der Waals surface area contributed by atoms with Crippen molar-refractivity contribution in [3.05, 3.63) is 29.8 Å². The number of hydrogen-bond acceptors (Lipinski definition) is 3. The van der Waals surface area contributed by atoms with E-state index < -0.39 is 0 Å². The molecule has 0 N–H and O–H groups in total. The lowest BCUT2D eigenvalue weighted by atomic mass is 9.87. The fraction of sp³-hybridized carbons (Fsp3) is 0.562. The Morgan fingerprint density at radius 2 is 2.16 bits per heavy atom. The number of para-hydroxylation sites is 1. The zero-order valence-corrected chi connectivity index (χ0v) is 11.3. The lowest BCUT2D eigenvalue weighted by molar-refractivity contribution is -0.130. The monoisotopic (exact) mass is 260 g/mol. The molecule has 2 unspecified atom stereocenters. The summed E-state index contributed by atoms with van der Waals surface area (Å²) in [6.45, 7) is 0.704. The van der Waals surface area contributed by atoms with Gasteiger partial charge < -0.3 is 9.47 Å². The first-order chi connectivity index (χ1) is 9.29. The highest BCUT2D eigenvalue weighted by Gasteiger charge is 2.37. The Bertz CT molecular complexity index is 465. The fourth-order valence-corrected chi connectivity index (χ4v) is 2.97. The lowest BCUT2D eigenvalue weighted by Gasteiger charge is -2.26. The Hall–Kier alpha value is -1.35. The fourth-order valence-electron chi connectivity index (χ4n) is 2.97. The van der Waals surface area contributed by atoms with Crippen molar-refractivity contribution in [3.63, 3.8) is 0 Å². The largest absolute Gasteiger partial charge is 0.493 e. The Kier molecular flexibility index (Phi) is 3.56. The maximum atomic E-state index is 12.4. The first-order valence-electron chi connectivity index (χ1n) is 7.07. The van der Waals surface area contributed by atoms with Crippen molar-refractivity contribution in [2.24, 2.45) is 5.92 Å². The van der Waals surface area contributed by atoms with Crippen molar-refractivity contribution in [2.45, 2.75) is 37.7 Å². The smallest absolute Gasteiger partial charge is 0.162 e. The van der Waals surface area contributed by atoms with E-state index in [4.69, 9.17) is 9.47 Å². The molecule has 2 aliphatic rings. The normalized spacial score (nSPS) is 23.3. The number of hydrogen-bond donors (Lipinski definition) is 0. The molecule has 0 aromatic heterocycles. The zero-order valence-electron chi connectivity index (χ0n) is 11.3. The molecule has 3 rings (SSSR count). The molecule has 0 bridgehead atoms. The second kappa shape index (κ2) is 5.33. The summed E-state index contributed by atoms with van der Waals surface area (Å²) in [6, 6.07) is 8.05. The van der Waals surface area contributed by atoms with Crippen molar-refractivity contribution in [1.82, 2.24) is 0 Å². The van der Waals surface area contributed by atoms with Crippen LogP contribution in [0.1, 0.15) is 37.2 Å². The molecule has 0 spiro atoms. The van der Waals surface area contributed by atoms with Crippen molar-refractivity contribution >= 4 is 5.78 Å². The van der Waals surface area contributed by atoms with E-state index in [0.717, 1.165) is 25.0 Å². The minimum Gasteiger partial charge on any atom is -0.493 e. The van der Waals surface area contributed by atoms with Gasteiger partial charge in [-0.3, -0.25) is 4.79 Å². The topological polar surface area (TPSA) is 35.5 Å². The van der Waals surface area contributed by atoms with Gasteiger partial charge in [-0.2, -0.15) is 0 Å². The number of carbonyl (C=O) groups excluding carboxylic acids is 1. The van der Waals surface area contributed by atoms with Gasteiger partial charge in [-0.1, -0.05) is 18.2 Å². The predicted molar refractivity (Wildman–Crippen MR) is 72.4 cm³/mol. The van der Waals surface area contributed by atoms with Crippen LogP contribution in [-0.4, -0.2) is 25.6 Å². The average molecular weight is 260 g/mol. The molecule has 0 saturated heterocycles. The maximum Gasteiger partial charge on any atom is 0.162 e. The molecule has 1 aromatic rings. The third kappa shape index (κ3) is 2.66. The molecule has 0 radical (unpaired) electrons. The SMILES string of the molecule is COC(C(=O)CC1CCOc2ccccc21)C1CC1. The van der Waals surface area contributed by atoms with Crippen LogP contribution in [0.15, 0.2) is 24.3 Å². The molecule has 19 heavy (non-hydrogen) atoms. The minimum absolute atomic E-state index is 0.185. The van der Waals surface area contributed by atoms with Crippen molar-refractivity contribution in [1.29, 1.82) is 0 Å². The molecule has 1 aliphatic carbocycles. The van der Waals surface area contributed by atoms with Gasteiger partial charge in [-0.15, -0.1) is 0 Å². The number of fused-ring (bicyclic) bond motifs is 1. The number of rotatable bonds is 5. The van der Waals surface area contributed by atoms with Crippen molar-refractivity contribution in [2.75, 3.05) is 13.7 Å². The second-order valence-electron chi connectivity index (χ2n) is 5.54. The van der Waals surface area contributed by atoms with Gasteiger partial charge in [0, 0.05) is 13.5 Å². The number of methoxy groups -OCH3 is 1. The van der Waals surface area contributed by atoms with Gasteiger partial charge in [-0.05, 0) is 42.7 Å². The summed E-state index contributed by atoms with van der Waals surface area (Å²) in [5.41, 5.74) is 1.17. The van der Waals surface area contributed by atoms with Gasteiger partial charge in [0.15, 0.2) is 5.78 Å². The van der Waals surface area contributed by atoms with Crippen LogP contribution in [0.5, 0.6) is 5.75 Å². The number of benzene rings is 1. The van der Waals surface area contributed by atoms with Gasteiger partial charge in [0.2, 0.25) is 0 Å². The van der Waals surface area contributed by atoms with E-state index in [2.05, 4.69) is 6.07 Å². The molecule has 1 aliphatic heterocycles. The molecule has 3 nitrogen and oxygen atoms in total. The number of Topliss-reactive ketones (excluding diaryl/α,β-unsaturated/α-hetero) is 1. The number of ketones is 1.